The van der Waals surface area contributed by atoms with Crippen LogP contribution in [0.3, 0.4) is 0 Å². The van der Waals surface area contributed by atoms with Crippen molar-refractivity contribution >= 4 is 27.5 Å². The highest BCUT2D eigenvalue weighted by Gasteiger charge is 2.43. The van der Waals surface area contributed by atoms with Gasteiger partial charge in [0, 0.05) is 12.7 Å². The number of aromatic nitrogens is 1. The molecule has 2 aliphatic rings. The molecule has 3 heterocycles. The lowest BCUT2D eigenvalue weighted by Gasteiger charge is -2.28. The molecule has 0 N–H and O–H groups in total. The number of carbonyl (C=O) groups is 1. The van der Waals surface area contributed by atoms with Gasteiger partial charge in [0.15, 0.2) is 5.82 Å². The molecule has 7 nitrogen and oxygen atoms in total. The fraction of sp³-hybridized carbons (Fsp3) is 0.278. The lowest BCUT2D eigenvalue weighted by atomic mass is 9.96. The Morgan fingerprint density at radius 3 is 2.58 bits per heavy atom. The van der Waals surface area contributed by atoms with E-state index in [9.17, 15) is 13.2 Å². The van der Waals surface area contributed by atoms with Gasteiger partial charge in [-0.2, -0.15) is 14.4 Å². The van der Waals surface area contributed by atoms with Crippen LogP contribution in [0, 0.1) is 12.8 Å². The molecular weight excluding hydrogens is 352 g/mol. The number of pyridine rings is 1. The highest BCUT2D eigenvalue weighted by molar-refractivity contribution is 7.89. The van der Waals surface area contributed by atoms with Crippen LogP contribution >= 0.6 is 0 Å². The minimum Gasteiger partial charge on any atom is -0.272 e. The smallest absolute Gasteiger partial charge is 0.257 e. The van der Waals surface area contributed by atoms with Gasteiger partial charge in [-0.15, -0.1) is 0 Å². The number of hydrogen-bond acceptors (Lipinski definition) is 5. The average molecular weight is 370 g/mol. The minimum absolute atomic E-state index is 0.121. The third kappa shape index (κ3) is 2.81. The van der Waals surface area contributed by atoms with E-state index >= 15 is 0 Å². The molecule has 1 fully saturated rings. The van der Waals surface area contributed by atoms with Crippen molar-refractivity contribution in [2.45, 2.75) is 18.2 Å². The van der Waals surface area contributed by atoms with E-state index in [1.165, 1.54) is 9.31 Å². The molecule has 8 heteroatoms. The molecule has 0 aliphatic carbocycles. The summed E-state index contributed by atoms with van der Waals surface area (Å²) in [6.07, 6.45) is 2.02. The number of rotatable bonds is 3. The van der Waals surface area contributed by atoms with Gasteiger partial charge in [-0.3, -0.25) is 4.79 Å². The van der Waals surface area contributed by atoms with E-state index in [4.69, 9.17) is 0 Å². The van der Waals surface area contributed by atoms with Crippen LogP contribution in [0.5, 0.6) is 0 Å². The molecule has 2 aliphatic heterocycles. The molecule has 26 heavy (non-hydrogen) atoms. The maximum absolute atomic E-state index is 12.9. The number of carbonyl (C=O) groups excluding carboxylic acids is 1. The Kier molecular flexibility index (Phi) is 4.08. The van der Waals surface area contributed by atoms with E-state index in [2.05, 4.69) is 10.1 Å². The monoisotopic (exact) mass is 370 g/mol. The minimum atomic E-state index is -3.61. The van der Waals surface area contributed by atoms with Crippen molar-refractivity contribution in [3.8, 4) is 0 Å². The first-order valence-corrected chi connectivity index (χ1v) is 9.80. The van der Waals surface area contributed by atoms with Crippen molar-refractivity contribution in [3.63, 3.8) is 0 Å². The molecule has 1 aromatic carbocycles. The van der Waals surface area contributed by atoms with E-state index in [-0.39, 0.29) is 23.3 Å². The fourth-order valence-corrected chi connectivity index (χ4v) is 4.64. The Morgan fingerprint density at radius 2 is 1.88 bits per heavy atom. The lowest BCUT2D eigenvalue weighted by Crippen LogP contribution is -2.45. The van der Waals surface area contributed by atoms with Gasteiger partial charge in [0.2, 0.25) is 10.0 Å². The molecule has 1 unspecified atom stereocenters. The molecule has 1 amide bonds. The summed E-state index contributed by atoms with van der Waals surface area (Å²) < 4.78 is 27.2. The zero-order valence-corrected chi connectivity index (χ0v) is 15.1. The fourth-order valence-electron chi connectivity index (χ4n) is 3.21. The number of amides is 1. The first-order chi connectivity index (χ1) is 12.5. The summed E-state index contributed by atoms with van der Waals surface area (Å²) in [6.45, 7) is 2.32. The van der Waals surface area contributed by atoms with Gasteiger partial charge in [0.25, 0.3) is 5.91 Å². The van der Waals surface area contributed by atoms with Gasteiger partial charge in [-0.25, -0.2) is 13.4 Å². The number of piperidine rings is 1. The predicted molar refractivity (Wildman–Crippen MR) is 97.2 cm³/mol. The summed E-state index contributed by atoms with van der Waals surface area (Å²) in [5.74, 6) is -0.0695. The molecule has 1 saturated heterocycles. The molecule has 2 aromatic rings. The number of anilines is 1. The van der Waals surface area contributed by atoms with Crippen LogP contribution in [0.25, 0.3) is 0 Å². The molecule has 4 rings (SSSR count). The predicted octanol–water partition coefficient (Wildman–Crippen LogP) is 1.80. The normalized spacial score (nSPS) is 20.8. The van der Waals surface area contributed by atoms with Crippen LogP contribution < -0.4 is 5.01 Å². The third-order valence-corrected chi connectivity index (χ3v) is 6.53. The summed E-state index contributed by atoms with van der Waals surface area (Å²) >= 11 is 0. The SMILES string of the molecule is Cc1ccc(S(=O)(=O)N2CCC3C(=O)N(c4ccccn4)N=C3C2)cc1. The Labute approximate surface area is 152 Å². The molecule has 0 radical (unpaired) electrons. The van der Waals surface area contributed by atoms with Gasteiger partial charge in [0.1, 0.15) is 0 Å². The number of fused-ring (bicyclic) bond motifs is 1. The zero-order chi connectivity index (χ0) is 18.3. The number of aryl methyl sites for hydroxylation is 1. The van der Waals surface area contributed by atoms with Crippen LogP contribution in [0.1, 0.15) is 12.0 Å². The van der Waals surface area contributed by atoms with Gasteiger partial charge in [-0.05, 0) is 37.6 Å². The Bertz CT molecular complexity index is 971. The molecule has 1 aromatic heterocycles. The topological polar surface area (TPSA) is 82.9 Å². The van der Waals surface area contributed by atoms with Crippen LogP contribution in [0.4, 0.5) is 5.82 Å². The standard InChI is InChI=1S/C18H18N4O3S/c1-13-5-7-14(8-6-13)26(24,25)21-11-9-15-16(12-21)20-22(18(15)23)17-4-2-3-10-19-17/h2-8,10,15H,9,11-12H2,1H3. The highest BCUT2D eigenvalue weighted by atomic mass is 32.2. The number of nitrogens with zero attached hydrogens (tertiary/aromatic N) is 4. The number of benzene rings is 1. The quantitative estimate of drug-likeness (QED) is 0.825. The zero-order valence-electron chi connectivity index (χ0n) is 14.2. The summed E-state index contributed by atoms with van der Waals surface area (Å²) in [5, 5.41) is 5.64. The Morgan fingerprint density at radius 1 is 1.12 bits per heavy atom. The summed E-state index contributed by atoms with van der Waals surface area (Å²) in [6, 6.07) is 12.0. The van der Waals surface area contributed by atoms with Crippen molar-refractivity contribution in [2.24, 2.45) is 11.0 Å². The summed E-state index contributed by atoms with van der Waals surface area (Å²) in [5.41, 5.74) is 1.57. The van der Waals surface area contributed by atoms with E-state index in [0.29, 0.717) is 24.5 Å². The van der Waals surface area contributed by atoms with Crippen molar-refractivity contribution in [3.05, 3.63) is 54.2 Å². The van der Waals surface area contributed by atoms with Gasteiger partial charge in [-0.1, -0.05) is 23.8 Å². The maximum atomic E-state index is 12.9. The molecular formula is C18H18N4O3S. The Balaban J connectivity index is 1.61. The highest BCUT2D eigenvalue weighted by Crippen LogP contribution is 2.30. The molecule has 134 valence electrons. The summed E-state index contributed by atoms with van der Waals surface area (Å²) in [7, 11) is -3.61. The van der Waals surface area contributed by atoms with Gasteiger partial charge >= 0.3 is 0 Å². The van der Waals surface area contributed by atoms with Crippen molar-refractivity contribution in [1.29, 1.82) is 0 Å². The Hall–Kier alpha value is -2.58. The number of hydrogen-bond donors (Lipinski definition) is 0. The van der Waals surface area contributed by atoms with E-state index < -0.39 is 10.0 Å². The second kappa shape index (κ2) is 6.30. The molecule has 0 bridgehead atoms. The van der Waals surface area contributed by atoms with Crippen molar-refractivity contribution in [1.82, 2.24) is 9.29 Å². The number of sulfonamides is 1. The van der Waals surface area contributed by atoms with E-state index in [1.807, 2.05) is 6.92 Å². The van der Waals surface area contributed by atoms with Crippen LogP contribution in [0.15, 0.2) is 58.7 Å². The van der Waals surface area contributed by atoms with Crippen LogP contribution in [-0.2, 0) is 14.8 Å². The maximum Gasteiger partial charge on any atom is 0.257 e. The van der Waals surface area contributed by atoms with E-state index in [1.54, 1.807) is 48.7 Å². The van der Waals surface area contributed by atoms with Crippen LogP contribution in [-0.4, -0.2) is 42.4 Å². The van der Waals surface area contributed by atoms with Crippen molar-refractivity contribution in [2.75, 3.05) is 18.1 Å². The van der Waals surface area contributed by atoms with Crippen LogP contribution in [0.2, 0.25) is 0 Å². The van der Waals surface area contributed by atoms with Gasteiger partial charge in [0.05, 0.1) is 23.1 Å². The molecule has 0 saturated carbocycles. The number of hydrazone groups is 1. The first-order valence-electron chi connectivity index (χ1n) is 8.36. The molecule has 0 spiro atoms. The first kappa shape index (κ1) is 16.9. The lowest BCUT2D eigenvalue weighted by molar-refractivity contribution is -0.120. The molecule has 1 atom stereocenters. The van der Waals surface area contributed by atoms with Gasteiger partial charge < -0.3 is 0 Å². The third-order valence-electron chi connectivity index (χ3n) is 4.67. The van der Waals surface area contributed by atoms with Crippen molar-refractivity contribution < 1.29 is 13.2 Å². The van der Waals surface area contributed by atoms with E-state index in [0.717, 1.165) is 5.56 Å². The second-order valence-electron chi connectivity index (χ2n) is 6.42. The largest absolute Gasteiger partial charge is 0.272 e. The average Bonchev–Trinajstić information content (AvgIpc) is 2.99. The summed E-state index contributed by atoms with van der Waals surface area (Å²) in [4.78, 5) is 17.0. The second-order valence-corrected chi connectivity index (χ2v) is 8.36.